The number of alkyl halides is 2. The van der Waals surface area contributed by atoms with Crippen molar-refractivity contribution in [3.63, 3.8) is 0 Å². The van der Waals surface area contributed by atoms with Crippen molar-refractivity contribution in [1.82, 2.24) is 10.2 Å². The number of fused-ring (bicyclic) bond motifs is 10. The smallest absolute Gasteiger partial charge is 0.307 e. The summed E-state index contributed by atoms with van der Waals surface area (Å²) in [7, 11) is 3.40. The average molecular weight is 1140 g/mol. The second kappa shape index (κ2) is 26.6. The third-order valence-electron chi connectivity index (χ3n) is 19.7. The molecule has 11 heteroatoms. The van der Waals surface area contributed by atoms with E-state index >= 15 is 0 Å². The van der Waals surface area contributed by atoms with Crippen LogP contribution in [0.2, 0.25) is 0 Å². The molecule has 0 bridgehead atoms. The molecule has 65 heavy (non-hydrogen) atoms. The highest BCUT2D eigenvalue weighted by Gasteiger charge is 2.59. The highest BCUT2D eigenvalue weighted by molar-refractivity contribution is 14.1. The lowest BCUT2D eigenvalue weighted by atomic mass is 9.44. The molecule has 0 radical (unpaired) electrons. The summed E-state index contributed by atoms with van der Waals surface area (Å²) in [5.74, 6) is 7.17. The zero-order valence-corrected chi connectivity index (χ0v) is 47.3. The first kappa shape index (κ1) is 57.8. The zero-order chi connectivity index (χ0) is 48.2. The van der Waals surface area contributed by atoms with E-state index < -0.39 is 17.2 Å². The van der Waals surface area contributed by atoms with E-state index in [2.05, 4.69) is 96.9 Å². The molecule has 8 saturated carbocycles. The van der Waals surface area contributed by atoms with E-state index in [4.69, 9.17) is 9.47 Å². The average Bonchev–Trinajstić information content (AvgIpc) is 3.30. The summed E-state index contributed by atoms with van der Waals surface area (Å²) in [6, 6.07) is 0. The number of ether oxygens (including phenoxy) is 2. The number of aliphatic hydroxyl groups is 2. The molecule has 0 unspecified atom stereocenters. The standard InChI is InChI=1S/C26H45NO3.C22H36O4.C4H11N.2CH3I/c1-5-27(6-2)24(28)23-9-7-8-22-21-11-10-18-16-26(29,17-30-4)15-13-19(18)20(21)12-14-25(22,23)3;1-21-10-8-16-15-9-11-22(25,13-26-2)12-14(15)6-7-17(16)18(21)4-3-5-19(21)20(23)24;1-3-5-4-2;2*1-2/h18-23,29H,5-17H2,1-4H3;14-19,25H,3-13H2,1-2H3,(H,23,24);5H,3-4H2,1-2H3;2*1H3/t18-,19-,20+,21+,22-,23+,25-,26+;14-,15-,16+,17+,18-,19+,21-,22+;;;/m00.../s1. The Bertz CT molecular complexity index is 1440. The van der Waals surface area contributed by atoms with Crippen molar-refractivity contribution in [2.45, 2.75) is 181 Å². The van der Waals surface area contributed by atoms with E-state index in [1.54, 1.807) is 14.2 Å². The quantitative estimate of drug-likeness (QED) is 0.126. The van der Waals surface area contributed by atoms with E-state index in [0.29, 0.717) is 42.8 Å². The fourth-order valence-electron chi connectivity index (χ4n) is 16.9. The van der Waals surface area contributed by atoms with Crippen molar-refractivity contribution >= 4 is 57.1 Å². The lowest BCUT2D eigenvalue weighted by Crippen LogP contribution is -2.56. The zero-order valence-electron chi connectivity index (χ0n) is 43.0. The highest BCUT2D eigenvalue weighted by Crippen LogP contribution is 2.65. The minimum atomic E-state index is -0.620. The summed E-state index contributed by atoms with van der Waals surface area (Å²) in [6.07, 6.45) is 22.5. The van der Waals surface area contributed by atoms with Gasteiger partial charge in [-0.15, -0.1) is 0 Å². The lowest BCUT2D eigenvalue weighted by Gasteiger charge is -2.61. The highest BCUT2D eigenvalue weighted by atomic mass is 127. The van der Waals surface area contributed by atoms with Crippen LogP contribution < -0.4 is 5.32 Å². The van der Waals surface area contributed by atoms with E-state index in [1.807, 2.05) is 9.86 Å². The Morgan fingerprint density at radius 1 is 0.569 bits per heavy atom. The Hall–Kier alpha value is 0.200. The molecule has 0 aliphatic heterocycles. The van der Waals surface area contributed by atoms with Crippen LogP contribution in [0.1, 0.15) is 170 Å². The molecule has 8 rings (SSSR count). The predicted molar refractivity (Wildman–Crippen MR) is 284 cm³/mol. The van der Waals surface area contributed by atoms with Gasteiger partial charge in [0.1, 0.15) is 0 Å². The summed E-state index contributed by atoms with van der Waals surface area (Å²) in [5, 5.41) is 34.7. The Balaban J connectivity index is 0.000000243. The number of methoxy groups -OCH3 is 2. The second-order valence-electron chi connectivity index (χ2n) is 22.5. The van der Waals surface area contributed by atoms with Crippen LogP contribution in [-0.2, 0) is 19.1 Å². The van der Waals surface area contributed by atoms with E-state index in [-0.39, 0.29) is 22.7 Å². The van der Waals surface area contributed by atoms with Gasteiger partial charge < -0.3 is 35.0 Å². The van der Waals surface area contributed by atoms with Crippen LogP contribution in [0.4, 0.5) is 0 Å². The molecule has 8 fully saturated rings. The maximum atomic E-state index is 13.4. The van der Waals surface area contributed by atoms with Gasteiger partial charge in [-0.05, 0) is 222 Å². The van der Waals surface area contributed by atoms with Gasteiger partial charge in [0.2, 0.25) is 5.91 Å². The fraction of sp³-hybridized carbons (Fsp3) is 0.963. The van der Waals surface area contributed by atoms with Crippen molar-refractivity contribution in [3.8, 4) is 0 Å². The van der Waals surface area contributed by atoms with Gasteiger partial charge in [0.15, 0.2) is 0 Å². The lowest BCUT2D eigenvalue weighted by molar-refractivity contribution is -0.166. The number of halogens is 2. The van der Waals surface area contributed by atoms with E-state index in [1.165, 1.54) is 64.2 Å². The number of hydrogen-bond donors (Lipinski definition) is 4. The normalized spacial score (nSPS) is 42.4. The fourth-order valence-corrected chi connectivity index (χ4v) is 16.9. The summed E-state index contributed by atoms with van der Waals surface area (Å²) in [5.41, 5.74) is -1.02. The number of carboxylic acid groups (broad SMARTS) is 1. The Kier molecular flexibility index (Phi) is 23.6. The minimum Gasteiger partial charge on any atom is -0.481 e. The molecule has 0 saturated heterocycles. The topological polar surface area (TPSA) is 129 Å². The van der Waals surface area contributed by atoms with Gasteiger partial charge in [-0.3, -0.25) is 9.59 Å². The van der Waals surface area contributed by atoms with Crippen molar-refractivity contribution in [2.75, 3.05) is 63.5 Å². The third-order valence-corrected chi connectivity index (χ3v) is 19.7. The van der Waals surface area contributed by atoms with Crippen LogP contribution in [0.3, 0.4) is 0 Å². The molecule has 0 heterocycles. The number of carbonyl (C=O) groups is 2. The number of carboxylic acids is 1. The Morgan fingerprint density at radius 3 is 1.34 bits per heavy atom. The number of aliphatic carboxylic acids is 1. The van der Waals surface area contributed by atoms with Crippen molar-refractivity contribution in [3.05, 3.63) is 0 Å². The maximum Gasteiger partial charge on any atom is 0.307 e. The number of rotatable bonds is 10. The van der Waals surface area contributed by atoms with Gasteiger partial charge in [-0.25, -0.2) is 0 Å². The summed E-state index contributed by atoms with van der Waals surface area (Å²) >= 11 is 4.30. The molecule has 0 aromatic rings. The molecule has 0 spiro atoms. The van der Waals surface area contributed by atoms with Gasteiger partial charge in [0.25, 0.3) is 0 Å². The largest absolute Gasteiger partial charge is 0.481 e. The van der Waals surface area contributed by atoms with Gasteiger partial charge in [-0.2, -0.15) is 0 Å². The number of amides is 1. The van der Waals surface area contributed by atoms with Crippen LogP contribution in [-0.4, -0.2) is 107 Å². The molecule has 0 aromatic heterocycles. The van der Waals surface area contributed by atoms with Crippen molar-refractivity contribution in [1.29, 1.82) is 0 Å². The molecule has 1 amide bonds. The van der Waals surface area contributed by atoms with Gasteiger partial charge in [0, 0.05) is 33.2 Å². The van der Waals surface area contributed by atoms with Crippen LogP contribution in [0, 0.1) is 81.8 Å². The molecule has 4 N–H and O–H groups in total. The molecule has 8 aliphatic carbocycles. The minimum absolute atomic E-state index is 0.00351. The van der Waals surface area contributed by atoms with E-state index in [9.17, 15) is 24.9 Å². The third kappa shape index (κ3) is 13.0. The first-order valence-electron chi connectivity index (χ1n) is 26.6. The Morgan fingerprint density at radius 2 is 0.969 bits per heavy atom. The summed E-state index contributed by atoms with van der Waals surface area (Å²) in [4.78, 5) is 31.3. The molecule has 0 aromatic carbocycles. The molecular formula is C54H98I2N2O7. The number of carbonyl (C=O) groups excluding carboxylic acids is 1. The maximum absolute atomic E-state index is 13.4. The number of nitrogens with zero attached hydrogens (tertiary/aromatic N) is 1. The number of hydrogen-bond acceptors (Lipinski definition) is 7. The van der Waals surface area contributed by atoms with Gasteiger partial charge in [-0.1, -0.05) is 85.7 Å². The molecular weight excluding hydrogens is 1040 g/mol. The molecule has 380 valence electrons. The first-order valence-corrected chi connectivity index (χ1v) is 30.9. The summed E-state index contributed by atoms with van der Waals surface area (Å²) < 4.78 is 10.6. The second-order valence-corrected chi connectivity index (χ2v) is 22.5. The van der Waals surface area contributed by atoms with Gasteiger partial charge >= 0.3 is 5.97 Å². The van der Waals surface area contributed by atoms with Crippen LogP contribution in [0.25, 0.3) is 0 Å². The Labute approximate surface area is 425 Å². The van der Waals surface area contributed by atoms with Crippen LogP contribution in [0.15, 0.2) is 0 Å². The molecule has 9 nitrogen and oxygen atoms in total. The van der Waals surface area contributed by atoms with Crippen molar-refractivity contribution < 1.29 is 34.4 Å². The monoisotopic (exact) mass is 1140 g/mol. The van der Waals surface area contributed by atoms with Crippen molar-refractivity contribution in [2.24, 2.45) is 81.8 Å². The van der Waals surface area contributed by atoms with E-state index in [0.717, 1.165) is 126 Å². The van der Waals surface area contributed by atoms with Gasteiger partial charge in [0.05, 0.1) is 30.3 Å². The number of nitrogens with one attached hydrogen (secondary N) is 1. The predicted octanol–water partition coefficient (Wildman–Crippen LogP) is 11.7. The SMILES string of the molecule is CCN(CC)C(=O)[C@H]1CCC[C@H]2[C@@H]3CC[C@H]4C[C@@](O)(COC)CC[C@@H]4[C@H]3CC[C@]12C.CCNCC.CI.CI.COC[C@@]1(O)CC[C@H]2[C@@H](CC[C@@H]3[C@@H]2CC[C@]2(C)[C@@H](C(=O)O)CCC[C@@H]32)C1. The molecule has 16 atom stereocenters. The van der Waals surface area contributed by atoms with Crippen LogP contribution in [0.5, 0.6) is 0 Å². The summed E-state index contributed by atoms with van der Waals surface area (Å²) in [6.45, 7) is 18.0. The first-order chi connectivity index (χ1) is 31.2. The molecule has 8 aliphatic rings. The van der Waals surface area contributed by atoms with Crippen LogP contribution >= 0.6 is 45.2 Å².